The number of nitrogens with one attached hydrogen (secondary N) is 1. The molecule has 1 aromatic rings. The molecule has 0 unspecified atom stereocenters. The van der Waals surface area contributed by atoms with Gasteiger partial charge in [0.15, 0.2) is 0 Å². The molecule has 2 amide bonds. The minimum atomic E-state index is -1.12. The molecule has 3 N–H and O–H groups in total. The van der Waals surface area contributed by atoms with E-state index in [9.17, 15) is 14.4 Å². The monoisotopic (exact) mass is 249 g/mol. The lowest BCUT2D eigenvalue weighted by atomic mass is 10.1. The fourth-order valence-corrected chi connectivity index (χ4v) is 1.04. The van der Waals surface area contributed by atoms with Gasteiger partial charge >= 0.3 is 17.8 Å². The van der Waals surface area contributed by atoms with Crippen molar-refractivity contribution in [2.24, 2.45) is 10.8 Å². The van der Waals surface area contributed by atoms with Crippen molar-refractivity contribution < 1.29 is 19.1 Å². The van der Waals surface area contributed by atoms with Gasteiger partial charge < -0.3 is 10.5 Å². The third-order valence-electron chi connectivity index (χ3n) is 1.94. The number of hydrogen-bond donors (Lipinski definition) is 2. The molecule has 0 radical (unpaired) electrons. The van der Waals surface area contributed by atoms with Crippen LogP contribution in [0.4, 0.5) is 0 Å². The smallest absolute Gasteiger partial charge is 0.337 e. The number of hydrazone groups is 1. The maximum atomic E-state index is 11.1. The van der Waals surface area contributed by atoms with Crippen LogP contribution in [0.5, 0.6) is 0 Å². The van der Waals surface area contributed by atoms with Crippen LogP contribution < -0.4 is 11.2 Å². The molecule has 0 atom stereocenters. The standard InChI is InChI=1S/C11H11N3O4/c1-18-11(17)8-4-2-7(3-5-8)6-13-14-10(16)9(12)15/h2-6H,1H3,(H2,12,15)(H,14,16)/b13-6-. The summed E-state index contributed by atoms with van der Waals surface area (Å²) >= 11 is 0. The van der Waals surface area contributed by atoms with Crippen LogP contribution in [0, 0.1) is 0 Å². The molecule has 7 heteroatoms. The summed E-state index contributed by atoms with van der Waals surface area (Å²) in [4.78, 5) is 32.3. The highest BCUT2D eigenvalue weighted by molar-refractivity contribution is 6.34. The highest BCUT2D eigenvalue weighted by Crippen LogP contribution is 2.03. The van der Waals surface area contributed by atoms with E-state index in [1.54, 1.807) is 24.3 Å². The third kappa shape index (κ3) is 3.71. The zero-order valence-electron chi connectivity index (χ0n) is 9.54. The van der Waals surface area contributed by atoms with E-state index in [2.05, 4.69) is 9.84 Å². The predicted octanol–water partition coefficient (Wildman–Crippen LogP) is -0.591. The minimum absolute atomic E-state index is 0.399. The number of rotatable bonds is 3. The van der Waals surface area contributed by atoms with Crippen LogP contribution in [-0.2, 0) is 14.3 Å². The molecule has 0 aliphatic rings. The van der Waals surface area contributed by atoms with Gasteiger partial charge in [-0.3, -0.25) is 9.59 Å². The van der Waals surface area contributed by atoms with E-state index >= 15 is 0 Å². The Morgan fingerprint density at radius 1 is 1.28 bits per heavy atom. The lowest BCUT2D eigenvalue weighted by Gasteiger charge is -1.99. The fraction of sp³-hybridized carbons (Fsp3) is 0.0909. The zero-order chi connectivity index (χ0) is 13.5. The van der Waals surface area contributed by atoms with Gasteiger partial charge in [0.25, 0.3) is 0 Å². The van der Waals surface area contributed by atoms with Crippen molar-refractivity contribution in [3.63, 3.8) is 0 Å². The molecule has 0 aliphatic carbocycles. The molecule has 94 valence electrons. The van der Waals surface area contributed by atoms with E-state index in [1.807, 2.05) is 5.43 Å². The highest BCUT2D eigenvalue weighted by atomic mass is 16.5. The second-order valence-electron chi connectivity index (χ2n) is 3.18. The largest absolute Gasteiger partial charge is 0.465 e. The number of amides is 2. The van der Waals surface area contributed by atoms with E-state index in [0.717, 1.165) is 0 Å². The molecule has 7 nitrogen and oxygen atoms in total. The summed E-state index contributed by atoms with van der Waals surface area (Å²) < 4.78 is 4.53. The fourth-order valence-electron chi connectivity index (χ4n) is 1.04. The second-order valence-corrected chi connectivity index (χ2v) is 3.18. The average molecular weight is 249 g/mol. The van der Waals surface area contributed by atoms with Crippen molar-refractivity contribution in [1.29, 1.82) is 0 Å². The molecule has 0 aromatic heterocycles. The molecule has 0 fully saturated rings. The predicted molar refractivity (Wildman–Crippen MR) is 62.7 cm³/mol. The quantitative estimate of drug-likeness (QED) is 0.322. The molecule has 1 aromatic carbocycles. The van der Waals surface area contributed by atoms with Crippen molar-refractivity contribution in [1.82, 2.24) is 5.43 Å². The first-order valence-corrected chi connectivity index (χ1v) is 4.86. The van der Waals surface area contributed by atoms with Crippen molar-refractivity contribution in [3.8, 4) is 0 Å². The van der Waals surface area contributed by atoms with Gasteiger partial charge in [-0.25, -0.2) is 10.2 Å². The molecule has 0 aliphatic heterocycles. The van der Waals surface area contributed by atoms with Crippen LogP contribution in [-0.4, -0.2) is 31.1 Å². The van der Waals surface area contributed by atoms with Gasteiger partial charge in [0.2, 0.25) is 0 Å². The Kier molecular flexibility index (Phi) is 4.56. The van der Waals surface area contributed by atoms with Crippen LogP contribution in [0.2, 0.25) is 0 Å². The molecule has 0 saturated carbocycles. The van der Waals surface area contributed by atoms with Gasteiger partial charge in [-0.05, 0) is 17.7 Å². The number of methoxy groups -OCH3 is 1. The minimum Gasteiger partial charge on any atom is -0.465 e. The van der Waals surface area contributed by atoms with E-state index in [0.29, 0.717) is 11.1 Å². The van der Waals surface area contributed by atoms with Crippen LogP contribution in [0.25, 0.3) is 0 Å². The van der Waals surface area contributed by atoms with Crippen LogP contribution in [0.15, 0.2) is 29.4 Å². The van der Waals surface area contributed by atoms with Crippen LogP contribution in [0.3, 0.4) is 0 Å². The molecule has 0 bridgehead atoms. The normalized spacial score (nSPS) is 10.1. The molecular weight excluding hydrogens is 238 g/mol. The Bertz CT molecular complexity index is 494. The first-order chi connectivity index (χ1) is 8.54. The van der Waals surface area contributed by atoms with Crippen LogP contribution in [0.1, 0.15) is 15.9 Å². The summed E-state index contributed by atoms with van der Waals surface area (Å²) in [6.45, 7) is 0. The van der Waals surface area contributed by atoms with Gasteiger partial charge in [-0.2, -0.15) is 5.10 Å². The summed E-state index contributed by atoms with van der Waals surface area (Å²) in [6.07, 6.45) is 1.31. The average Bonchev–Trinajstić information content (AvgIpc) is 2.38. The molecule has 0 heterocycles. The second kappa shape index (κ2) is 6.14. The Labute approximate surface area is 103 Å². The molecule has 1 rings (SSSR count). The van der Waals surface area contributed by atoms with E-state index in [-0.39, 0.29) is 0 Å². The maximum Gasteiger partial charge on any atom is 0.337 e. The summed E-state index contributed by atoms with van der Waals surface area (Å²) in [5.41, 5.74) is 7.68. The van der Waals surface area contributed by atoms with Crippen molar-refractivity contribution in [2.45, 2.75) is 0 Å². The summed E-state index contributed by atoms with van der Waals surface area (Å²) in [5, 5.41) is 3.52. The van der Waals surface area contributed by atoms with Gasteiger partial charge in [0, 0.05) is 0 Å². The molecule has 18 heavy (non-hydrogen) atoms. The topological polar surface area (TPSA) is 111 Å². The lowest BCUT2D eigenvalue weighted by Crippen LogP contribution is -2.32. The number of hydrogen-bond acceptors (Lipinski definition) is 5. The van der Waals surface area contributed by atoms with E-state index in [4.69, 9.17) is 5.73 Å². The number of nitrogens with two attached hydrogens (primary N) is 1. The van der Waals surface area contributed by atoms with Crippen molar-refractivity contribution in [2.75, 3.05) is 7.11 Å². The van der Waals surface area contributed by atoms with E-state index in [1.165, 1.54) is 13.3 Å². The molecular formula is C11H11N3O4. The summed E-state index contributed by atoms with van der Waals surface area (Å²) in [6, 6.07) is 6.30. The van der Waals surface area contributed by atoms with Gasteiger partial charge in [0.05, 0.1) is 18.9 Å². The van der Waals surface area contributed by atoms with Gasteiger partial charge in [-0.1, -0.05) is 12.1 Å². The first kappa shape index (κ1) is 13.4. The number of nitrogens with zero attached hydrogens (tertiary/aromatic N) is 1. The SMILES string of the molecule is COC(=O)c1ccc(/C=N\NC(=O)C(N)=O)cc1. The summed E-state index contributed by atoms with van der Waals surface area (Å²) in [7, 11) is 1.29. The number of benzene rings is 1. The first-order valence-electron chi connectivity index (χ1n) is 4.86. The number of carbonyl (C=O) groups excluding carboxylic acids is 3. The van der Waals surface area contributed by atoms with E-state index < -0.39 is 17.8 Å². The van der Waals surface area contributed by atoms with Gasteiger partial charge in [-0.15, -0.1) is 0 Å². The number of ether oxygens (including phenoxy) is 1. The zero-order valence-corrected chi connectivity index (χ0v) is 9.54. The Hall–Kier alpha value is -2.70. The molecule has 0 saturated heterocycles. The number of primary amides is 1. The summed E-state index contributed by atoms with van der Waals surface area (Å²) in [5.74, 6) is -2.56. The Balaban J connectivity index is 2.64. The Morgan fingerprint density at radius 2 is 1.89 bits per heavy atom. The molecule has 0 spiro atoms. The Morgan fingerprint density at radius 3 is 2.39 bits per heavy atom. The van der Waals surface area contributed by atoms with Crippen LogP contribution >= 0.6 is 0 Å². The lowest BCUT2D eigenvalue weighted by molar-refractivity contribution is -0.137. The maximum absolute atomic E-state index is 11.1. The third-order valence-corrected chi connectivity index (χ3v) is 1.94. The number of esters is 1. The number of carbonyl (C=O) groups is 3. The van der Waals surface area contributed by atoms with Gasteiger partial charge in [0.1, 0.15) is 0 Å². The van der Waals surface area contributed by atoms with Crippen molar-refractivity contribution in [3.05, 3.63) is 35.4 Å². The highest BCUT2D eigenvalue weighted by Gasteiger charge is 2.05. The van der Waals surface area contributed by atoms with Crippen molar-refractivity contribution >= 4 is 24.0 Å².